The predicted octanol–water partition coefficient (Wildman–Crippen LogP) is 4.25. The van der Waals surface area contributed by atoms with Crippen molar-refractivity contribution in [1.82, 2.24) is 25.1 Å². The minimum absolute atomic E-state index is 0.0158. The summed E-state index contributed by atoms with van der Waals surface area (Å²) < 4.78 is 30.7. The van der Waals surface area contributed by atoms with E-state index in [0.717, 1.165) is 5.69 Å². The van der Waals surface area contributed by atoms with Gasteiger partial charge in [-0.2, -0.15) is 5.10 Å². The number of hydrogen-bond donors (Lipinski definition) is 1. The standard InChI is InChI=1S/C23H19ClF2N6O/c1-3-17(33)31-6-8-32(9-7-31)23-14-10-15(24)18(20(26)22(14)27-11-28-23)19-16(25)5-4-13-12(2)29-30-21(13)19/h3-5,10-11H,1,6-9H2,2H3,(H,29,30). The maximum absolute atomic E-state index is 15.8. The summed E-state index contributed by atoms with van der Waals surface area (Å²) in [5.41, 5.74) is 0.961. The molecule has 0 spiro atoms. The Hall–Kier alpha value is -3.59. The number of carbonyl (C=O) groups is 1. The molecular formula is C23H19ClF2N6O. The lowest BCUT2D eigenvalue weighted by atomic mass is 9.99. The Morgan fingerprint density at radius 3 is 2.61 bits per heavy atom. The van der Waals surface area contributed by atoms with Crippen molar-refractivity contribution in [2.24, 2.45) is 0 Å². The van der Waals surface area contributed by atoms with E-state index in [1.165, 1.54) is 18.5 Å². The number of benzene rings is 2. The number of anilines is 1. The molecule has 4 aromatic rings. The fourth-order valence-electron chi connectivity index (χ4n) is 4.29. The second-order valence-electron chi connectivity index (χ2n) is 7.82. The topological polar surface area (TPSA) is 78.0 Å². The van der Waals surface area contributed by atoms with Crippen molar-refractivity contribution in [3.63, 3.8) is 0 Å². The van der Waals surface area contributed by atoms with Crippen molar-refractivity contribution in [3.8, 4) is 11.1 Å². The number of nitrogens with one attached hydrogen (secondary N) is 1. The summed E-state index contributed by atoms with van der Waals surface area (Å²) in [7, 11) is 0. The average Bonchev–Trinajstić information content (AvgIpc) is 3.20. The van der Waals surface area contributed by atoms with Gasteiger partial charge in [0, 0.05) is 48.2 Å². The van der Waals surface area contributed by atoms with E-state index in [9.17, 15) is 9.18 Å². The monoisotopic (exact) mass is 468 g/mol. The van der Waals surface area contributed by atoms with Gasteiger partial charge >= 0.3 is 0 Å². The number of amides is 1. The number of piperazine rings is 1. The van der Waals surface area contributed by atoms with E-state index < -0.39 is 11.6 Å². The quantitative estimate of drug-likeness (QED) is 0.455. The molecule has 0 bridgehead atoms. The van der Waals surface area contributed by atoms with Gasteiger partial charge in [0.15, 0.2) is 5.82 Å². The van der Waals surface area contributed by atoms with Crippen LogP contribution in [0, 0.1) is 18.6 Å². The van der Waals surface area contributed by atoms with E-state index >= 15 is 4.39 Å². The molecule has 0 aliphatic carbocycles. The molecular weight excluding hydrogens is 450 g/mol. The van der Waals surface area contributed by atoms with Gasteiger partial charge in [-0.25, -0.2) is 18.7 Å². The Morgan fingerprint density at radius 2 is 1.88 bits per heavy atom. The predicted molar refractivity (Wildman–Crippen MR) is 123 cm³/mol. The van der Waals surface area contributed by atoms with E-state index in [1.54, 1.807) is 24.0 Å². The lowest BCUT2D eigenvalue weighted by molar-refractivity contribution is -0.126. The lowest BCUT2D eigenvalue weighted by Crippen LogP contribution is -2.48. The van der Waals surface area contributed by atoms with Crippen molar-refractivity contribution < 1.29 is 13.6 Å². The second kappa shape index (κ2) is 8.08. The number of carbonyl (C=O) groups excluding carboxylic acids is 1. The zero-order valence-corrected chi connectivity index (χ0v) is 18.5. The van der Waals surface area contributed by atoms with Gasteiger partial charge in [-0.3, -0.25) is 9.89 Å². The summed E-state index contributed by atoms with van der Waals surface area (Å²) in [6.45, 7) is 7.30. The van der Waals surface area contributed by atoms with Crippen molar-refractivity contribution in [1.29, 1.82) is 0 Å². The third-order valence-electron chi connectivity index (χ3n) is 5.98. The molecule has 1 N–H and O–H groups in total. The van der Waals surface area contributed by atoms with Crippen LogP contribution in [0.5, 0.6) is 0 Å². The van der Waals surface area contributed by atoms with Gasteiger partial charge in [0.05, 0.1) is 10.6 Å². The zero-order valence-electron chi connectivity index (χ0n) is 17.7. The third-order valence-corrected chi connectivity index (χ3v) is 6.28. The van der Waals surface area contributed by atoms with Gasteiger partial charge in [-0.15, -0.1) is 0 Å². The largest absolute Gasteiger partial charge is 0.352 e. The Labute approximate surface area is 192 Å². The summed E-state index contributed by atoms with van der Waals surface area (Å²) in [6, 6.07) is 4.43. The normalized spacial score (nSPS) is 14.3. The first-order valence-electron chi connectivity index (χ1n) is 10.3. The van der Waals surface area contributed by atoms with Crippen molar-refractivity contribution in [2.75, 3.05) is 31.1 Å². The first-order valence-corrected chi connectivity index (χ1v) is 10.7. The van der Waals surface area contributed by atoms with Gasteiger partial charge in [-0.05, 0) is 31.2 Å². The molecule has 1 saturated heterocycles. The van der Waals surface area contributed by atoms with E-state index in [-0.39, 0.29) is 27.6 Å². The van der Waals surface area contributed by atoms with Crippen molar-refractivity contribution in [2.45, 2.75) is 6.92 Å². The number of H-pyrrole nitrogens is 1. The average molecular weight is 469 g/mol. The molecule has 33 heavy (non-hydrogen) atoms. The number of fused-ring (bicyclic) bond motifs is 2. The molecule has 0 unspecified atom stereocenters. The highest BCUT2D eigenvalue weighted by Gasteiger charge is 2.26. The molecule has 0 saturated carbocycles. The van der Waals surface area contributed by atoms with E-state index in [0.29, 0.717) is 48.3 Å². The van der Waals surface area contributed by atoms with Gasteiger partial charge in [0.2, 0.25) is 5.91 Å². The maximum atomic E-state index is 15.8. The molecule has 5 rings (SSSR count). The lowest BCUT2D eigenvalue weighted by Gasteiger charge is -2.35. The summed E-state index contributed by atoms with van der Waals surface area (Å²) in [5, 5.41) is 8.10. The molecule has 2 aromatic carbocycles. The van der Waals surface area contributed by atoms with Crippen LogP contribution in [0.4, 0.5) is 14.6 Å². The molecule has 3 heterocycles. The summed E-state index contributed by atoms with van der Waals surface area (Å²) in [4.78, 5) is 24.0. The summed E-state index contributed by atoms with van der Waals surface area (Å²) in [6.07, 6.45) is 2.56. The fourth-order valence-corrected chi connectivity index (χ4v) is 4.57. The van der Waals surface area contributed by atoms with Gasteiger partial charge in [-0.1, -0.05) is 18.2 Å². The molecule has 1 aliphatic rings. The van der Waals surface area contributed by atoms with Crippen LogP contribution in [0.1, 0.15) is 5.69 Å². The number of aromatic amines is 1. The van der Waals surface area contributed by atoms with E-state index in [2.05, 4.69) is 26.7 Å². The van der Waals surface area contributed by atoms with Gasteiger partial charge in [0.25, 0.3) is 0 Å². The molecule has 1 amide bonds. The van der Waals surface area contributed by atoms with E-state index in [1.807, 2.05) is 4.90 Å². The minimum Gasteiger partial charge on any atom is -0.352 e. The van der Waals surface area contributed by atoms with E-state index in [4.69, 9.17) is 11.6 Å². The van der Waals surface area contributed by atoms with Crippen LogP contribution in [-0.2, 0) is 4.79 Å². The van der Waals surface area contributed by atoms with Gasteiger partial charge in [0.1, 0.15) is 29.0 Å². The SMILES string of the molecule is C=CC(=O)N1CCN(c2ncnc3c(F)c(-c4c(F)ccc5c(C)[nH]nc45)c(Cl)cc23)CC1. The van der Waals surface area contributed by atoms with Crippen LogP contribution in [0.2, 0.25) is 5.02 Å². The minimum atomic E-state index is -0.742. The second-order valence-corrected chi connectivity index (χ2v) is 8.23. The molecule has 2 aromatic heterocycles. The molecule has 7 nitrogen and oxygen atoms in total. The van der Waals surface area contributed by atoms with Crippen LogP contribution in [0.3, 0.4) is 0 Å². The Morgan fingerprint density at radius 1 is 1.12 bits per heavy atom. The van der Waals surface area contributed by atoms with Crippen LogP contribution in [0.25, 0.3) is 32.9 Å². The third kappa shape index (κ3) is 3.39. The number of rotatable bonds is 3. The molecule has 168 valence electrons. The number of aromatic nitrogens is 4. The smallest absolute Gasteiger partial charge is 0.246 e. The molecule has 10 heteroatoms. The number of aryl methyl sites for hydroxylation is 1. The van der Waals surface area contributed by atoms with Gasteiger partial charge < -0.3 is 9.80 Å². The van der Waals surface area contributed by atoms with Crippen LogP contribution in [0.15, 0.2) is 37.2 Å². The first-order chi connectivity index (χ1) is 15.9. The maximum Gasteiger partial charge on any atom is 0.246 e. The molecule has 0 atom stereocenters. The van der Waals surface area contributed by atoms with Crippen LogP contribution in [-0.4, -0.2) is 57.2 Å². The van der Waals surface area contributed by atoms with Crippen LogP contribution < -0.4 is 4.90 Å². The first kappa shape index (κ1) is 21.3. The number of halogens is 3. The molecule has 1 aliphatic heterocycles. The Balaban J connectivity index is 1.63. The fraction of sp³-hybridized carbons (Fsp3) is 0.217. The number of nitrogens with zero attached hydrogens (tertiary/aromatic N) is 5. The van der Waals surface area contributed by atoms with Crippen LogP contribution >= 0.6 is 11.6 Å². The summed E-state index contributed by atoms with van der Waals surface area (Å²) >= 11 is 6.53. The summed E-state index contributed by atoms with van der Waals surface area (Å²) in [5.74, 6) is -1.00. The highest BCUT2D eigenvalue weighted by Crippen LogP contribution is 2.41. The van der Waals surface area contributed by atoms with Crippen molar-refractivity contribution in [3.05, 3.63) is 59.5 Å². The Bertz CT molecular complexity index is 1430. The molecule has 0 radical (unpaired) electrons. The van der Waals surface area contributed by atoms with Crippen molar-refractivity contribution >= 4 is 45.1 Å². The molecule has 1 fully saturated rings. The highest BCUT2D eigenvalue weighted by molar-refractivity contribution is 6.35. The Kier molecular flexibility index (Phi) is 5.20. The number of hydrogen-bond acceptors (Lipinski definition) is 5. The highest BCUT2D eigenvalue weighted by atomic mass is 35.5. The zero-order chi connectivity index (χ0) is 23.3.